The fourth-order valence-electron chi connectivity index (χ4n) is 2.35. The number of hydrogen-bond donors (Lipinski definition) is 2. The van der Waals surface area contributed by atoms with Crippen LogP contribution in [0.4, 0.5) is 0 Å². The van der Waals surface area contributed by atoms with Crippen molar-refractivity contribution in [1.29, 1.82) is 0 Å². The van der Waals surface area contributed by atoms with Crippen molar-refractivity contribution in [3.05, 3.63) is 60.2 Å². The van der Waals surface area contributed by atoms with Gasteiger partial charge in [-0.3, -0.25) is 4.79 Å². The molecule has 0 saturated carbocycles. The number of nitrogens with one attached hydrogen (secondary N) is 1. The van der Waals surface area contributed by atoms with Crippen molar-refractivity contribution in [3.8, 4) is 0 Å². The molecule has 0 aliphatic rings. The monoisotopic (exact) mass is 358 g/mol. The first-order valence-corrected chi connectivity index (χ1v) is 9.44. The van der Waals surface area contributed by atoms with E-state index in [1.165, 1.54) is 11.8 Å². The Morgan fingerprint density at radius 2 is 1.92 bits per heavy atom. The van der Waals surface area contributed by atoms with Gasteiger partial charge in [0.05, 0.1) is 28.1 Å². The summed E-state index contributed by atoms with van der Waals surface area (Å²) in [6.45, 7) is 1.80. The van der Waals surface area contributed by atoms with Gasteiger partial charge in [-0.2, -0.15) is 0 Å². The molecule has 0 bridgehead atoms. The van der Waals surface area contributed by atoms with E-state index in [-0.39, 0.29) is 17.7 Å². The number of hydrogen-bond acceptors (Lipinski definition) is 5. The fraction of sp³-hybridized carbons (Fsp3) is 0.222. The smallest absolute Gasteiger partial charge is 0.230 e. The second-order valence-corrected chi connectivity index (χ2v) is 7.70. The highest BCUT2D eigenvalue weighted by atomic mass is 32.2. The van der Waals surface area contributed by atoms with E-state index in [1.54, 1.807) is 18.3 Å². The standard InChI is InChI=1S/C18H18N2O2S2/c1-12(17(22)13-7-3-2-4-8-13)19-16(21)11-23-18-20-14-9-5-6-10-15(14)24-18/h2-10,12,17,22H,11H2,1H3,(H,19,21)/t12-,17-/m1/s1. The molecule has 2 N–H and O–H groups in total. The van der Waals surface area contributed by atoms with Crippen LogP contribution in [0.3, 0.4) is 0 Å². The SMILES string of the molecule is C[C@@H](NC(=O)CSc1nc2ccccc2s1)[C@@H](O)c1ccccc1. The zero-order valence-corrected chi connectivity index (χ0v) is 14.8. The van der Waals surface area contributed by atoms with E-state index in [0.29, 0.717) is 0 Å². The van der Waals surface area contributed by atoms with Gasteiger partial charge in [-0.05, 0) is 24.6 Å². The van der Waals surface area contributed by atoms with E-state index in [9.17, 15) is 9.90 Å². The summed E-state index contributed by atoms with van der Waals surface area (Å²) >= 11 is 3.00. The molecule has 2 atom stereocenters. The number of fused-ring (bicyclic) bond motifs is 1. The molecule has 3 aromatic rings. The van der Waals surface area contributed by atoms with Crippen LogP contribution < -0.4 is 5.32 Å². The van der Waals surface area contributed by atoms with Gasteiger partial charge in [0.2, 0.25) is 5.91 Å². The third-order valence-electron chi connectivity index (χ3n) is 3.60. The third-order valence-corrected chi connectivity index (χ3v) is 5.78. The second kappa shape index (κ2) is 7.79. The van der Waals surface area contributed by atoms with Gasteiger partial charge in [-0.25, -0.2) is 4.98 Å². The third kappa shape index (κ3) is 4.14. The van der Waals surface area contributed by atoms with Gasteiger partial charge < -0.3 is 10.4 Å². The molecule has 0 saturated heterocycles. The van der Waals surface area contributed by atoms with Crippen molar-refractivity contribution in [1.82, 2.24) is 10.3 Å². The zero-order valence-electron chi connectivity index (χ0n) is 13.2. The molecule has 3 rings (SSSR count). The van der Waals surface area contributed by atoms with Crippen LogP contribution in [0.5, 0.6) is 0 Å². The highest BCUT2D eigenvalue weighted by Crippen LogP contribution is 2.29. The van der Waals surface area contributed by atoms with Crippen LogP contribution >= 0.6 is 23.1 Å². The highest BCUT2D eigenvalue weighted by molar-refractivity contribution is 8.01. The molecule has 0 radical (unpaired) electrons. The van der Waals surface area contributed by atoms with E-state index in [4.69, 9.17) is 0 Å². The summed E-state index contributed by atoms with van der Waals surface area (Å²) in [5.74, 6) is 0.174. The molecule has 0 fully saturated rings. The summed E-state index contributed by atoms with van der Waals surface area (Å²) in [6.07, 6.45) is -0.720. The summed E-state index contributed by atoms with van der Waals surface area (Å²) in [4.78, 5) is 16.6. The molecule has 4 nitrogen and oxygen atoms in total. The lowest BCUT2D eigenvalue weighted by atomic mass is 10.0. The van der Waals surface area contributed by atoms with Gasteiger partial charge in [0.15, 0.2) is 4.34 Å². The van der Waals surface area contributed by atoms with Crippen LogP contribution in [0.15, 0.2) is 58.9 Å². The molecule has 1 heterocycles. The predicted molar refractivity (Wildman–Crippen MR) is 99.4 cm³/mol. The lowest BCUT2D eigenvalue weighted by Crippen LogP contribution is -2.38. The summed E-state index contributed by atoms with van der Waals surface area (Å²) < 4.78 is 2.00. The lowest BCUT2D eigenvalue weighted by molar-refractivity contribution is -0.119. The maximum Gasteiger partial charge on any atom is 0.230 e. The van der Waals surface area contributed by atoms with Crippen molar-refractivity contribution in [2.24, 2.45) is 0 Å². The number of aliphatic hydroxyl groups is 1. The molecular formula is C18H18N2O2S2. The van der Waals surface area contributed by atoms with Crippen LogP contribution in [-0.2, 0) is 4.79 Å². The van der Waals surface area contributed by atoms with Gasteiger partial charge in [0.1, 0.15) is 0 Å². The molecule has 0 aliphatic carbocycles. The van der Waals surface area contributed by atoms with Crippen molar-refractivity contribution >= 4 is 39.2 Å². The normalized spacial score (nSPS) is 13.6. The molecule has 124 valence electrons. The molecule has 0 aliphatic heterocycles. The van der Waals surface area contributed by atoms with Crippen LogP contribution in [0, 0.1) is 0 Å². The molecule has 24 heavy (non-hydrogen) atoms. The van der Waals surface area contributed by atoms with Gasteiger partial charge in [-0.1, -0.05) is 54.2 Å². The zero-order chi connectivity index (χ0) is 16.9. The first-order chi connectivity index (χ1) is 11.6. The quantitative estimate of drug-likeness (QED) is 0.661. The number of benzene rings is 2. The largest absolute Gasteiger partial charge is 0.386 e. The highest BCUT2D eigenvalue weighted by Gasteiger charge is 2.18. The first-order valence-electron chi connectivity index (χ1n) is 7.64. The number of rotatable bonds is 6. The Morgan fingerprint density at radius 1 is 1.21 bits per heavy atom. The number of thioether (sulfide) groups is 1. The Morgan fingerprint density at radius 3 is 2.67 bits per heavy atom. The van der Waals surface area contributed by atoms with Crippen molar-refractivity contribution in [2.75, 3.05) is 5.75 Å². The average Bonchev–Trinajstić information content (AvgIpc) is 3.03. The van der Waals surface area contributed by atoms with Crippen LogP contribution in [0.2, 0.25) is 0 Å². The van der Waals surface area contributed by atoms with Crippen molar-refractivity contribution < 1.29 is 9.90 Å². The number of aromatic nitrogens is 1. The molecule has 2 aromatic carbocycles. The number of para-hydroxylation sites is 1. The first kappa shape index (κ1) is 17.0. The summed E-state index contributed by atoms with van der Waals surface area (Å²) in [5.41, 5.74) is 1.75. The van der Waals surface area contributed by atoms with E-state index in [0.717, 1.165) is 20.1 Å². The van der Waals surface area contributed by atoms with Crippen LogP contribution in [0.25, 0.3) is 10.2 Å². The Kier molecular flexibility index (Phi) is 5.50. The van der Waals surface area contributed by atoms with Gasteiger partial charge >= 0.3 is 0 Å². The minimum absolute atomic E-state index is 0.110. The fourth-order valence-corrected chi connectivity index (χ4v) is 4.23. The maximum atomic E-state index is 12.1. The van der Waals surface area contributed by atoms with Gasteiger partial charge in [0.25, 0.3) is 0 Å². The number of carbonyl (C=O) groups excluding carboxylic acids is 1. The number of nitrogens with zero attached hydrogens (tertiary/aromatic N) is 1. The average molecular weight is 358 g/mol. The molecule has 6 heteroatoms. The minimum atomic E-state index is -0.720. The number of thiazole rings is 1. The number of carbonyl (C=O) groups is 1. The van der Waals surface area contributed by atoms with E-state index >= 15 is 0 Å². The predicted octanol–water partition coefficient (Wildman–Crippen LogP) is 3.63. The van der Waals surface area contributed by atoms with Crippen molar-refractivity contribution in [3.63, 3.8) is 0 Å². The summed E-state index contributed by atoms with van der Waals surface area (Å²) in [6, 6.07) is 16.9. The van der Waals surface area contributed by atoms with E-state index in [1.807, 2.05) is 54.6 Å². The number of amides is 1. The molecule has 0 unspecified atom stereocenters. The van der Waals surface area contributed by atoms with E-state index in [2.05, 4.69) is 10.3 Å². The lowest BCUT2D eigenvalue weighted by Gasteiger charge is -2.20. The van der Waals surface area contributed by atoms with Crippen molar-refractivity contribution in [2.45, 2.75) is 23.4 Å². The Bertz CT molecular complexity index is 787. The Labute approximate surface area is 148 Å². The van der Waals surface area contributed by atoms with Gasteiger partial charge in [0, 0.05) is 0 Å². The van der Waals surface area contributed by atoms with Crippen LogP contribution in [-0.4, -0.2) is 27.8 Å². The minimum Gasteiger partial charge on any atom is -0.386 e. The van der Waals surface area contributed by atoms with E-state index < -0.39 is 6.10 Å². The second-order valence-electron chi connectivity index (χ2n) is 5.45. The Hall–Kier alpha value is -1.89. The molecule has 1 amide bonds. The van der Waals surface area contributed by atoms with Crippen LogP contribution in [0.1, 0.15) is 18.6 Å². The summed E-state index contributed by atoms with van der Waals surface area (Å²) in [7, 11) is 0. The number of aliphatic hydroxyl groups excluding tert-OH is 1. The Balaban J connectivity index is 1.53. The molecule has 0 spiro atoms. The molecular weight excluding hydrogens is 340 g/mol. The molecule has 1 aromatic heterocycles. The summed E-state index contributed by atoms with van der Waals surface area (Å²) in [5, 5.41) is 13.1. The van der Waals surface area contributed by atoms with Gasteiger partial charge in [-0.15, -0.1) is 11.3 Å². The maximum absolute atomic E-state index is 12.1. The topological polar surface area (TPSA) is 62.2 Å².